The Morgan fingerprint density at radius 3 is 2.03 bits per heavy atom. The molecule has 2 atom stereocenters. The summed E-state index contributed by atoms with van der Waals surface area (Å²) in [6, 6.07) is 5.95. The van der Waals surface area contributed by atoms with Gasteiger partial charge in [0.2, 0.25) is 11.8 Å². The Morgan fingerprint density at radius 1 is 0.971 bits per heavy atom. The summed E-state index contributed by atoms with van der Waals surface area (Å²) in [6.45, 7) is 14.9. The minimum absolute atomic E-state index is 0.120. The second-order valence-corrected chi connectivity index (χ2v) is 11.4. The predicted octanol–water partition coefficient (Wildman–Crippen LogP) is 5.27. The van der Waals surface area contributed by atoms with Crippen molar-refractivity contribution in [3.8, 4) is 0 Å². The van der Waals surface area contributed by atoms with E-state index in [0.29, 0.717) is 0 Å². The molecule has 0 radical (unpaired) electrons. The highest BCUT2D eigenvalue weighted by Crippen LogP contribution is 2.28. The summed E-state index contributed by atoms with van der Waals surface area (Å²) in [7, 11) is 0. The first kappa shape index (κ1) is 28.7. The quantitative estimate of drug-likeness (QED) is 0.523. The number of aryl methyl sites for hydroxylation is 1. The molecule has 7 heteroatoms. The maximum Gasteiger partial charge on any atom is 0.408 e. The smallest absolute Gasteiger partial charge is 0.408 e. The molecule has 0 aliphatic heterocycles. The van der Waals surface area contributed by atoms with Gasteiger partial charge in [-0.15, -0.1) is 0 Å². The number of hydrogen-bond donors (Lipinski definition) is 2. The Balaban J connectivity index is 2.41. The van der Waals surface area contributed by atoms with Crippen molar-refractivity contribution in [1.82, 2.24) is 15.5 Å². The lowest BCUT2D eigenvalue weighted by atomic mass is 9.93. The zero-order chi connectivity index (χ0) is 26.3. The monoisotopic (exact) mass is 487 g/mol. The first-order chi connectivity index (χ1) is 16.3. The Bertz CT molecular complexity index is 852. The molecule has 1 aromatic rings. The van der Waals surface area contributed by atoms with Crippen LogP contribution in [-0.2, 0) is 14.3 Å². The van der Waals surface area contributed by atoms with Crippen LogP contribution in [0.15, 0.2) is 24.3 Å². The topological polar surface area (TPSA) is 87.7 Å². The van der Waals surface area contributed by atoms with Crippen molar-refractivity contribution in [2.75, 3.05) is 0 Å². The summed E-state index contributed by atoms with van der Waals surface area (Å²) in [5.74, 6) is -0.677. The van der Waals surface area contributed by atoms with E-state index in [9.17, 15) is 14.4 Å². The van der Waals surface area contributed by atoms with E-state index in [1.165, 1.54) is 6.42 Å². The van der Waals surface area contributed by atoms with Crippen LogP contribution in [0.3, 0.4) is 0 Å². The van der Waals surface area contributed by atoms with Crippen molar-refractivity contribution in [3.05, 3.63) is 35.4 Å². The summed E-state index contributed by atoms with van der Waals surface area (Å²) in [6.07, 6.45) is 4.65. The zero-order valence-corrected chi connectivity index (χ0v) is 22.8. The molecule has 0 saturated heterocycles. The fraction of sp³-hybridized carbons (Fsp3) is 0.679. The summed E-state index contributed by atoms with van der Waals surface area (Å²) < 4.78 is 5.41. The largest absolute Gasteiger partial charge is 0.444 e. The van der Waals surface area contributed by atoms with Crippen LogP contribution >= 0.6 is 0 Å². The number of carbonyl (C=O) groups excluding carboxylic acids is 3. The van der Waals surface area contributed by atoms with Crippen molar-refractivity contribution in [3.63, 3.8) is 0 Å². The lowest BCUT2D eigenvalue weighted by molar-refractivity contribution is -0.145. The van der Waals surface area contributed by atoms with Gasteiger partial charge in [0.05, 0.1) is 0 Å². The van der Waals surface area contributed by atoms with Crippen LogP contribution < -0.4 is 10.6 Å². The van der Waals surface area contributed by atoms with Gasteiger partial charge in [0.25, 0.3) is 0 Å². The summed E-state index contributed by atoms with van der Waals surface area (Å²) in [5, 5.41) is 5.98. The van der Waals surface area contributed by atoms with Gasteiger partial charge in [0.1, 0.15) is 17.7 Å². The highest BCUT2D eigenvalue weighted by Gasteiger charge is 2.39. The molecule has 2 rings (SSSR count). The molecule has 1 saturated carbocycles. The van der Waals surface area contributed by atoms with Crippen LogP contribution in [0, 0.1) is 12.8 Å². The molecule has 0 bridgehead atoms. The lowest BCUT2D eigenvalue weighted by Crippen LogP contribution is -2.57. The molecule has 3 amide bonds. The molecule has 1 aliphatic rings. The van der Waals surface area contributed by atoms with Gasteiger partial charge in [-0.1, -0.05) is 62.9 Å². The Kier molecular flexibility index (Phi) is 10.2. The molecule has 1 fully saturated rings. The van der Waals surface area contributed by atoms with Crippen LogP contribution in [0.1, 0.15) is 97.7 Å². The van der Waals surface area contributed by atoms with Crippen LogP contribution in [-0.4, -0.2) is 46.5 Å². The number of hydrogen-bond acceptors (Lipinski definition) is 4. The molecule has 1 aromatic carbocycles. The third-order valence-electron chi connectivity index (χ3n) is 6.29. The summed E-state index contributed by atoms with van der Waals surface area (Å²) >= 11 is 0. The molecule has 7 nitrogen and oxygen atoms in total. The fourth-order valence-corrected chi connectivity index (χ4v) is 4.50. The van der Waals surface area contributed by atoms with Crippen molar-refractivity contribution in [2.45, 2.75) is 117 Å². The van der Waals surface area contributed by atoms with E-state index in [2.05, 4.69) is 10.6 Å². The van der Waals surface area contributed by atoms with Gasteiger partial charge in [0.15, 0.2) is 0 Å². The SMILES string of the molecule is Cc1ccc(C(C(=O)NC2CCCCC2)N(C(=O)C(NC(=O)OC(C)(C)C)C(C)C)C(C)C)cc1. The van der Waals surface area contributed by atoms with Crippen molar-refractivity contribution >= 4 is 17.9 Å². The predicted molar refractivity (Wildman–Crippen MR) is 139 cm³/mol. The summed E-state index contributed by atoms with van der Waals surface area (Å²) in [4.78, 5) is 41.9. The average molecular weight is 488 g/mol. The molecule has 2 unspecified atom stereocenters. The second-order valence-electron chi connectivity index (χ2n) is 11.4. The minimum atomic E-state index is -0.831. The van der Waals surface area contributed by atoms with Crippen molar-refractivity contribution < 1.29 is 19.1 Å². The number of ether oxygens (including phenoxy) is 1. The minimum Gasteiger partial charge on any atom is -0.444 e. The van der Waals surface area contributed by atoms with Crippen LogP contribution in [0.5, 0.6) is 0 Å². The van der Waals surface area contributed by atoms with Gasteiger partial charge in [-0.3, -0.25) is 9.59 Å². The molecule has 0 aromatic heterocycles. The van der Waals surface area contributed by atoms with Gasteiger partial charge in [0, 0.05) is 12.1 Å². The molecular weight excluding hydrogens is 442 g/mol. The maximum atomic E-state index is 14.0. The number of nitrogens with one attached hydrogen (secondary N) is 2. The van der Waals surface area contributed by atoms with E-state index >= 15 is 0 Å². The number of nitrogens with zero attached hydrogens (tertiary/aromatic N) is 1. The molecular formula is C28H45N3O4. The van der Waals surface area contributed by atoms with Gasteiger partial charge in [-0.2, -0.15) is 0 Å². The zero-order valence-electron chi connectivity index (χ0n) is 22.8. The van der Waals surface area contributed by atoms with Crippen molar-refractivity contribution in [1.29, 1.82) is 0 Å². The molecule has 0 heterocycles. The first-order valence-electron chi connectivity index (χ1n) is 13.0. The Hall–Kier alpha value is -2.57. The van der Waals surface area contributed by atoms with E-state index in [0.717, 1.165) is 36.8 Å². The third-order valence-corrected chi connectivity index (χ3v) is 6.29. The van der Waals surface area contributed by atoms with Gasteiger partial charge in [-0.05, 0) is 65.9 Å². The highest BCUT2D eigenvalue weighted by atomic mass is 16.6. The van der Waals surface area contributed by atoms with Gasteiger partial charge in [-0.25, -0.2) is 4.79 Å². The molecule has 35 heavy (non-hydrogen) atoms. The van der Waals surface area contributed by atoms with E-state index in [1.54, 1.807) is 25.7 Å². The molecule has 1 aliphatic carbocycles. The first-order valence-corrected chi connectivity index (χ1v) is 13.0. The average Bonchev–Trinajstić information content (AvgIpc) is 2.75. The standard InChI is InChI=1S/C28H45N3O4/c1-18(2)23(30-27(34)35-28(6,7)8)26(33)31(19(3)4)24(21-16-14-20(5)15-17-21)25(32)29-22-12-10-9-11-13-22/h14-19,22-24H,9-13H2,1-8H3,(H,29,32)(H,30,34). The molecule has 2 N–H and O–H groups in total. The van der Waals surface area contributed by atoms with E-state index < -0.39 is 23.8 Å². The fourth-order valence-electron chi connectivity index (χ4n) is 4.50. The Labute approximate surface area is 211 Å². The maximum absolute atomic E-state index is 14.0. The lowest BCUT2D eigenvalue weighted by Gasteiger charge is -2.39. The van der Waals surface area contributed by atoms with Gasteiger partial charge < -0.3 is 20.3 Å². The molecule has 0 spiro atoms. The number of benzene rings is 1. The van der Waals surface area contributed by atoms with E-state index in [4.69, 9.17) is 4.74 Å². The molecule has 196 valence electrons. The second kappa shape index (κ2) is 12.4. The number of alkyl carbamates (subject to hydrolysis) is 1. The normalized spacial score (nSPS) is 16.5. The van der Waals surface area contributed by atoms with Crippen LogP contribution in [0.25, 0.3) is 0 Å². The summed E-state index contributed by atoms with van der Waals surface area (Å²) in [5.41, 5.74) is 1.15. The van der Waals surface area contributed by atoms with E-state index in [1.807, 2.05) is 58.9 Å². The van der Waals surface area contributed by atoms with Crippen LogP contribution in [0.4, 0.5) is 4.79 Å². The van der Waals surface area contributed by atoms with Gasteiger partial charge >= 0.3 is 6.09 Å². The number of amides is 3. The number of rotatable bonds is 8. The highest BCUT2D eigenvalue weighted by molar-refractivity contribution is 5.92. The third kappa shape index (κ3) is 8.55. The van der Waals surface area contributed by atoms with Crippen LogP contribution in [0.2, 0.25) is 0 Å². The van der Waals surface area contributed by atoms with E-state index in [-0.39, 0.29) is 29.8 Å². The van der Waals surface area contributed by atoms with Crippen molar-refractivity contribution in [2.24, 2.45) is 5.92 Å². The Morgan fingerprint density at radius 2 is 1.54 bits per heavy atom. The number of carbonyl (C=O) groups is 3.